The van der Waals surface area contributed by atoms with Crippen molar-refractivity contribution in [3.05, 3.63) is 48.2 Å². The normalized spacial score (nSPS) is 17.0. The summed E-state index contributed by atoms with van der Waals surface area (Å²) in [6.45, 7) is 2.23. The number of hydrogen-bond donors (Lipinski definition) is 1. The zero-order valence-electron chi connectivity index (χ0n) is 13.7. The van der Waals surface area contributed by atoms with Gasteiger partial charge in [0.1, 0.15) is 11.6 Å². The number of rotatable bonds is 4. The molecule has 1 aliphatic heterocycles. The Bertz CT molecular complexity index is 758. The first-order chi connectivity index (χ1) is 11.6. The molecule has 1 aromatic carbocycles. The molecule has 6 heteroatoms. The Morgan fingerprint density at radius 1 is 1.25 bits per heavy atom. The second-order valence-electron chi connectivity index (χ2n) is 5.76. The van der Waals surface area contributed by atoms with Crippen LogP contribution in [0.1, 0.15) is 12.1 Å². The first-order valence-corrected chi connectivity index (χ1v) is 7.76. The van der Waals surface area contributed by atoms with Crippen molar-refractivity contribution in [2.24, 2.45) is 5.92 Å². The molecule has 0 aliphatic carbocycles. The molecule has 2 heterocycles. The predicted molar refractivity (Wildman–Crippen MR) is 91.1 cm³/mol. The molecule has 0 unspecified atom stereocenters. The van der Waals surface area contributed by atoms with Crippen LogP contribution in [0.25, 0.3) is 0 Å². The zero-order chi connectivity index (χ0) is 17.1. The van der Waals surface area contributed by atoms with E-state index in [1.807, 2.05) is 31.2 Å². The van der Waals surface area contributed by atoms with E-state index in [4.69, 9.17) is 4.74 Å². The number of nitrogens with one attached hydrogen (secondary N) is 1. The average Bonchev–Trinajstić information content (AvgIpc) is 2.97. The lowest BCUT2D eigenvalue weighted by atomic mass is 10.1. The number of aromatic nitrogens is 1. The average molecular weight is 325 g/mol. The number of anilines is 2. The summed E-state index contributed by atoms with van der Waals surface area (Å²) in [5.74, 6) is 0.609. The summed E-state index contributed by atoms with van der Waals surface area (Å²) in [5.41, 5.74) is 1.60. The summed E-state index contributed by atoms with van der Waals surface area (Å²) >= 11 is 0. The Morgan fingerprint density at radius 3 is 2.67 bits per heavy atom. The number of carbonyl (C=O) groups excluding carboxylic acids is 2. The minimum absolute atomic E-state index is 0.0579. The van der Waals surface area contributed by atoms with Crippen LogP contribution in [0.15, 0.2) is 42.5 Å². The molecule has 24 heavy (non-hydrogen) atoms. The van der Waals surface area contributed by atoms with Crippen molar-refractivity contribution in [1.29, 1.82) is 0 Å². The highest BCUT2D eigenvalue weighted by Crippen LogP contribution is 2.27. The van der Waals surface area contributed by atoms with E-state index in [-0.39, 0.29) is 24.2 Å². The molecule has 1 fully saturated rings. The molecule has 1 N–H and O–H groups in total. The number of hydrogen-bond acceptors (Lipinski definition) is 4. The van der Waals surface area contributed by atoms with Gasteiger partial charge in [-0.25, -0.2) is 4.98 Å². The first-order valence-electron chi connectivity index (χ1n) is 7.76. The lowest BCUT2D eigenvalue weighted by molar-refractivity contribution is -0.122. The number of benzene rings is 1. The van der Waals surface area contributed by atoms with Crippen LogP contribution in [-0.2, 0) is 9.59 Å². The fourth-order valence-corrected chi connectivity index (χ4v) is 2.74. The molecule has 2 amide bonds. The van der Waals surface area contributed by atoms with Gasteiger partial charge in [0.15, 0.2) is 0 Å². The van der Waals surface area contributed by atoms with Crippen LogP contribution in [0.4, 0.5) is 11.5 Å². The highest BCUT2D eigenvalue weighted by atomic mass is 16.5. The standard InChI is InChI=1S/C18H19N3O3/c1-12-4-3-5-16(19-12)20-18(23)13-10-17(22)21(11-13)14-6-8-15(24-2)9-7-14/h3-9,13H,10-11H2,1-2H3,(H,19,20,23)/t13-/m1/s1. The Labute approximate surface area is 140 Å². The van der Waals surface area contributed by atoms with E-state index in [1.165, 1.54) is 0 Å². The number of methoxy groups -OCH3 is 1. The number of carbonyl (C=O) groups is 2. The van der Waals surface area contributed by atoms with Crippen LogP contribution in [-0.4, -0.2) is 30.5 Å². The van der Waals surface area contributed by atoms with Crippen LogP contribution in [0.3, 0.4) is 0 Å². The fraction of sp³-hybridized carbons (Fsp3) is 0.278. The first kappa shape index (κ1) is 16.0. The predicted octanol–water partition coefficient (Wildman–Crippen LogP) is 2.39. The van der Waals surface area contributed by atoms with Gasteiger partial charge >= 0.3 is 0 Å². The number of amides is 2. The monoisotopic (exact) mass is 325 g/mol. The van der Waals surface area contributed by atoms with E-state index in [0.717, 1.165) is 17.1 Å². The molecule has 3 rings (SSSR count). The maximum Gasteiger partial charge on any atom is 0.230 e. The molecule has 0 saturated carbocycles. The molecule has 124 valence electrons. The van der Waals surface area contributed by atoms with Gasteiger partial charge in [0.2, 0.25) is 11.8 Å². The van der Waals surface area contributed by atoms with E-state index in [0.29, 0.717) is 12.4 Å². The summed E-state index contributed by atoms with van der Waals surface area (Å²) in [6, 6.07) is 12.7. The van der Waals surface area contributed by atoms with Crippen molar-refractivity contribution in [2.75, 3.05) is 23.9 Å². The van der Waals surface area contributed by atoms with Crippen LogP contribution in [0, 0.1) is 12.8 Å². The number of pyridine rings is 1. The summed E-state index contributed by atoms with van der Waals surface area (Å²) < 4.78 is 5.12. The van der Waals surface area contributed by atoms with Crippen LogP contribution in [0.2, 0.25) is 0 Å². The van der Waals surface area contributed by atoms with Crippen molar-refractivity contribution >= 4 is 23.3 Å². The Hall–Kier alpha value is -2.89. The molecule has 1 aromatic heterocycles. The molecule has 2 aromatic rings. The number of aryl methyl sites for hydroxylation is 1. The van der Waals surface area contributed by atoms with Gasteiger partial charge in [0.05, 0.1) is 13.0 Å². The summed E-state index contributed by atoms with van der Waals surface area (Å²) in [6.07, 6.45) is 0.198. The third-order valence-corrected chi connectivity index (χ3v) is 4.02. The topological polar surface area (TPSA) is 71.5 Å². The van der Waals surface area contributed by atoms with E-state index < -0.39 is 0 Å². The van der Waals surface area contributed by atoms with Gasteiger partial charge in [0.25, 0.3) is 0 Å². The molecule has 0 spiro atoms. The fourth-order valence-electron chi connectivity index (χ4n) is 2.74. The summed E-state index contributed by atoms with van der Waals surface area (Å²) in [7, 11) is 1.59. The van der Waals surface area contributed by atoms with E-state index in [1.54, 1.807) is 30.2 Å². The maximum atomic E-state index is 12.4. The van der Waals surface area contributed by atoms with Gasteiger partial charge in [0, 0.05) is 24.3 Å². The second-order valence-corrected chi connectivity index (χ2v) is 5.76. The minimum atomic E-state index is -0.387. The minimum Gasteiger partial charge on any atom is -0.497 e. The van der Waals surface area contributed by atoms with Crippen LogP contribution < -0.4 is 15.0 Å². The van der Waals surface area contributed by atoms with Crippen LogP contribution in [0.5, 0.6) is 5.75 Å². The largest absolute Gasteiger partial charge is 0.497 e. The van der Waals surface area contributed by atoms with E-state index in [2.05, 4.69) is 10.3 Å². The van der Waals surface area contributed by atoms with Crippen molar-refractivity contribution < 1.29 is 14.3 Å². The quantitative estimate of drug-likeness (QED) is 0.937. The van der Waals surface area contributed by atoms with E-state index in [9.17, 15) is 9.59 Å². The van der Waals surface area contributed by atoms with Crippen molar-refractivity contribution in [3.63, 3.8) is 0 Å². The number of nitrogens with zero attached hydrogens (tertiary/aromatic N) is 2. The molecule has 1 aliphatic rings. The molecular weight excluding hydrogens is 306 g/mol. The Morgan fingerprint density at radius 2 is 2.00 bits per heavy atom. The number of ether oxygens (including phenoxy) is 1. The smallest absolute Gasteiger partial charge is 0.230 e. The van der Waals surface area contributed by atoms with Crippen LogP contribution >= 0.6 is 0 Å². The van der Waals surface area contributed by atoms with Gasteiger partial charge < -0.3 is 15.0 Å². The second kappa shape index (κ2) is 6.70. The summed E-state index contributed by atoms with van der Waals surface area (Å²) in [4.78, 5) is 30.5. The van der Waals surface area contributed by atoms with E-state index >= 15 is 0 Å². The van der Waals surface area contributed by atoms with Crippen molar-refractivity contribution in [2.45, 2.75) is 13.3 Å². The maximum absolute atomic E-state index is 12.4. The van der Waals surface area contributed by atoms with Crippen molar-refractivity contribution in [3.8, 4) is 5.75 Å². The van der Waals surface area contributed by atoms with Gasteiger partial charge in [-0.15, -0.1) is 0 Å². The molecular formula is C18H19N3O3. The lowest BCUT2D eigenvalue weighted by Crippen LogP contribution is -2.28. The van der Waals surface area contributed by atoms with Gasteiger partial charge in [-0.05, 0) is 43.3 Å². The van der Waals surface area contributed by atoms with Gasteiger partial charge in [-0.1, -0.05) is 6.07 Å². The summed E-state index contributed by atoms with van der Waals surface area (Å²) in [5, 5.41) is 2.79. The molecule has 1 saturated heterocycles. The third-order valence-electron chi connectivity index (χ3n) is 4.02. The lowest BCUT2D eigenvalue weighted by Gasteiger charge is -2.17. The zero-order valence-corrected chi connectivity index (χ0v) is 13.7. The molecule has 0 radical (unpaired) electrons. The van der Waals surface area contributed by atoms with Gasteiger partial charge in [-0.3, -0.25) is 9.59 Å². The highest BCUT2D eigenvalue weighted by molar-refractivity contribution is 6.03. The highest BCUT2D eigenvalue weighted by Gasteiger charge is 2.35. The van der Waals surface area contributed by atoms with Gasteiger partial charge in [-0.2, -0.15) is 0 Å². The molecule has 0 bridgehead atoms. The van der Waals surface area contributed by atoms with Crippen molar-refractivity contribution in [1.82, 2.24) is 4.98 Å². The Kier molecular flexibility index (Phi) is 4.46. The third kappa shape index (κ3) is 3.37. The molecule has 1 atom stereocenters. The SMILES string of the molecule is COc1ccc(N2C[C@H](C(=O)Nc3cccc(C)n3)CC2=O)cc1. The molecule has 6 nitrogen and oxygen atoms in total. The Balaban J connectivity index is 1.68.